The second-order valence-corrected chi connectivity index (χ2v) is 4.69. The van der Waals surface area contributed by atoms with Gasteiger partial charge in [0.1, 0.15) is 10.7 Å². The Morgan fingerprint density at radius 2 is 1.90 bits per heavy atom. The Labute approximate surface area is 124 Å². The van der Waals surface area contributed by atoms with Crippen LogP contribution in [0.5, 0.6) is 0 Å². The van der Waals surface area contributed by atoms with Crippen molar-refractivity contribution in [2.45, 2.75) is 13.1 Å². The van der Waals surface area contributed by atoms with E-state index in [9.17, 15) is 13.2 Å². The molecule has 1 heterocycles. The second-order valence-electron chi connectivity index (χ2n) is 4.25. The van der Waals surface area contributed by atoms with Gasteiger partial charge in [-0.05, 0) is 25.1 Å². The highest BCUT2D eigenvalue weighted by molar-refractivity contribution is 7.80. The average molecular weight is 312 g/mol. The highest BCUT2D eigenvalue weighted by Gasteiger charge is 2.33. The number of nitrogens with zero attached hydrogens (tertiary/aromatic N) is 2. The standard InChI is InChI=1S/C13H11F3N4S/c1-7-6-10(11(17)21)20-12(18-7)19-9-5-3-2-4-8(9)13(14,15)16/h2-6H,1H3,(H2,17,21)(H,18,19,20). The molecule has 0 aliphatic rings. The van der Waals surface area contributed by atoms with Crippen molar-refractivity contribution in [3.05, 3.63) is 47.3 Å². The summed E-state index contributed by atoms with van der Waals surface area (Å²) in [4.78, 5) is 8.07. The molecule has 1 aromatic carbocycles. The molecule has 0 unspecified atom stereocenters. The summed E-state index contributed by atoms with van der Waals surface area (Å²) in [6.45, 7) is 1.67. The first kappa shape index (κ1) is 15.2. The van der Waals surface area contributed by atoms with Gasteiger partial charge >= 0.3 is 6.18 Å². The average Bonchev–Trinajstić information content (AvgIpc) is 2.37. The van der Waals surface area contributed by atoms with Gasteiger partial charge in [-0.3, -0.25) is 0 Å². The van der Waals surface area contributed by atoms with Crippen LogP contribution in [-0.2, 0) is 6.18 Å². The number of hydrogen-bond donors (Lipinski definition) is 2. The Hall–Kier alpha value is -2.22. The first-order valence-electron chi connectivity index (χ1n) is 5.86. The number of anilines is 2. The van der Waals surface area contributed by atoms with Crippen molar-refractivity contribution in [3.63, 3.8) is 0 Å². The van der Waals surface area contributed by atoms with Crippen LogP contribution in [-0.4, -0.2) is 15.0 Å². The SMILES string of the molecule is Cc1cc(C(N)=S)nc(Nc2ccccc2C(F)(F)F)n1. The van der Waals surface area contributed by atoms with Gasteiger partial charge in [0.25, 0.3) is 0 Å². The van der Waals surface area contributed by atoms with Crippen molar-refractivity contribution in [1.82, 2.24) is 9.97 Å². The van der Waals surface area contributed by atoms with Gasteiger partial charge in [0, 0.05) is 5.69 Å². The third kappa shape index (κ3) is 3.66. The monoisotopic (exact) mass is 312 g/mol. The maximum absolute atomic E-state index is 12.9. The highest BCUT2D eigenvalue weighted by atomic mass is 32.1. The lowest BCUT2D eigenvalue weighted by Gasteiger charge is -2.14. The molecule has 3 N–H and O–H groups in total. The lowest BCUT2D eigenvalue weighted by atomic mass is 10.1. The number of nitrogens with two attached hydrogens (primary N) is 1. The van der Waals surface area contributed by atoms with Crippen molar-refractivity contribution in [2.75, 3.05) is 5.32 Å². The minimum absolute atomic E-state index is 0.00880. The topological polar surface area (TPSA) is 63.8 Å². The molecular formula is C13H11F3N4S. The summed E-state index contributed by atoms with van der Waals surface area (Å²) in [7, 11) is 0. The fraction of sp³-hybridized carbons (Fsp3) is 0.154. The molecule has 0 saturated carbocycles. The highest BCUT2D eigenvalue weighted by Crippen LogP contribution is 2.35. The Morgan fingerprint density at radius 3 is 2.52 bits per heavy atom. The molecule has 2 aromatic rings. The molecule has 0 aliphatic heterocycles. The number of halogens is 3. The van der Waals surface area contributed by atoms with E-state index in [1.165, 1.54) is 18.2 Å². The molecule has 110 valence electrons. The van der Waals surface area contributed by atoms with Gasteiger partial charge in [-0.2, -0.15) is 13.2 Å². The van der Waals surface area contributed by atoms with Crippen LogP contribution in [0.4, 0.5) is 24.8 Å². The van der Waals surface area contributed by atoms with Crippen LogP contribution in [0, 0.1) is 6.92 Å². The number of hydrogen-bond acceptors (Lipinski definition) is 4. The van der Waals surface area contributed by atoms with Crippen LogP contribution in [0.1, 0.15) is 17.0 Å². The zero-order valence-electron chi connectivity index (χ0n) is 10.9. The quantitative estimate of drug-likeness (QED) is 0.852. The third-order valence-electron chi connectivity index (χ3n) is 2.59. The van der Waals surface area contributed by atoms with Crippen LogP contribution in [0.2, 0.25) is 0 Å². The summed E-state index contributed by atoms with van der Waals surface area (Å²) in [5.41, 5.74) is 5.38. The molecule has 0 bridgehead atoms. The van der Waals surface area contributed by atoms with Gasteiger partial charge in [-0.15, -0.1) is 0 Å². The number of aryl methyl sites for hydroxylation is 1. The molecule has 1 aromatic heterocycles. The number of para-hydroxylation sites is 1. The first-order valence-corrected chi connectivity index (χ1v) is 6.27. The predicted molar refractivity (Wildman–Crippen MR) is 77.4 cm³/mol. The van der Waals surface area contributed by atoms with Crippen molar-refractivity contribution >= 4 is 28.8 Å². The number of alkyl halides is 3. The van der Waals surface area contributed by atoms with Crippen molar-refractivity contribution in [1.29, 1.82) is 0 Å². The van der Waals surface area contributed by atoms with E-state index in [1.54, 1.807) is 13.0 Å². The predicted octanol–water partition coefficient (Wildman–Crippen LogP) is 3.18. The first-order chi connectivity index (χ1) is 9.77. The van der Waals surface area contributed by atoms with Crippen LogP contribution in [0.15, 0.2) is 30.3 Å². The summed E-state index contributed by atoms with van der Waals surface area (Å²) in [5.74, 6) is 0.00880. The Morgan fingerprint density at radius 1 is 1.24 bits per heavy atom. The minimum atomic E-state index is -4.47. The van der Waals surface area contributed by atoms with Crippen LogP contribution < -0.4 is 11.1 Å². The van der Waals surface area contributed by atoms with E-state index in [2.05, 4.69) is 15.3 Å². The maximum atomic E-state index is 12.9. The molecule has 4 nitrogen and oxygen atoms in total. The summed E-state index contributed by atoms with van der Waals surface area (Å²) in [5, 5.41) is 2.56. The lowest BCUT2D eigenvalue weighted by Crippen LogP contribution is -2.15. The van der Waals surface area contributed by atoms with Crippen molar-refractivity contribution in [3.8, 4) is 0 Å². The summed E-state index contributed by atoms with van der Waals surface area (Å²) < 4.78 is 38.7. The van der Waals surface area contributed by atoms with Gasteiger partial charge in [0.05, 0.1) is 11.3 Å². The molecule has 0 atom stereocenters. The summed E-state index contributed by atoms with van der Waals surface area (Å²) in [6, 6.07) is 6.64. The normalized spacial score (nSPS) is 11.2. The molecule has 0 amide bonds. The zero-order chi connectivity index (χ0) is 15.6. The number of thiocarbonyl (C=S) groups is 1. The van der Waals surface area contributed by atoms with E-state index < -0.39 is 11.7 Å². The van der Waals surface area contributed by atoms with E-state index in [0.29, 0.717) is 11.4 Å². The molecule has 8 heteroatoms. The molecule has 0 fully saturated rings. The van der Waals surface area contributed by atoms with Gasteiger partial charge in [-0.25, -0.2) is 9.97 Å². The molecule has 2 rings (SSSR count). The van der Waals surface area contributed by atoms with Gasteiger partial charge in [0.2, 0.25) is 5.95 Å². The van der Waals surface area contributed by atoms with Crippen LogP contribution in [0.25, 0.3) is 0 Å². The molecule has 0 saturated heterocycles. The third-order valence-corrected chi connectivity index (χ3v) is 2.79. The fourth-order valence-corrected chi connectivity index (χ4v) is 1.82. The maximum Gasteiger partial charge on any atom is 0.418 e. The Kier molecular flexibility index (Phi) is 4.08. The Balaban J connectivity index is 2.42. The van der Waals surface area contributed by atoms with Gasteiger partial charge in [-0.1, -0.05) is 24.4 Å². The largest absolute Gasteiger partial charge is 0.418 e. The van der Waals surface area contributed by atoms with Crippen molar-refractivity contribution in [2.24, 2.45) is 5.73 Å². The summed E-state index contributed by atoms with van der Waals surface area (Å²) in [6.07, 6.45) is -4.47. The zero-order valence-corrected chi connectivity index (χ0v) is 11.7. The lowest BCUT2D eigenvalue weighted by molar-refractivity contribution is -0.136. The molecule has 0 aliphatic carbocycles. The molecular weight excluding hydrogens is 301 g/mol. The number of benzene rings is 1. The number of aromatic nitrogens is 2. The van der Waals surface area contributed by atoms with E-state index in [-0.39, 0.29) is 16.6 Å². The van der Waals surface area contributed by atoms with Gasteiger partial charge < -0.3 is 11.1 Å². The second kappa shape index (κ2) is 5.65. The molecule has 0 spiro atoms. The fourth-order valence-electron chi connectivity index (χ4n) is 1.71. The van der Waals surface area contributed by atoms with Gasteiger partial charge in [0.15, 0.2) is 0 Å². The molecule has 21 heavy (non-hydrogen) atoms. The Bertz CT molecular complexity index is 685. The molecule has 0 radical (unpaired) electrons. The van der Waals surface area contributed by atoms with E-state index >= 15 is 0 Å². The van der Waals surface area contributed by atoms with E-state index in [0.717, 1.165) is 6.07 Å². The summed E-state index contributed by atoms with van der Waals surface area (Å²) >= 11 is 4.81. The smallest absolute Gasteiger partial charge is 0.388 e. The van der Waals surface area contributed by atoms with E-state index in [4.69, 9.17) is 18.0 Å². The van der Waals surface area contributed by atoms with Crippen LogP contribution >= 0.6 is 12.2 Å². The van der Waals surface area contributed by atoms with E-state index in [1.807, 2.05) is 0 Å². The minimum Gasteiger partial charge on any atom is -0.388 e. The van der Waals surface area contributed by atoms with Crippen molar-refractivity contribution < 1.29 is 13.2 Å². The van der Waals surface area contributed by atoms with Crippen LogP contribution in [0.3, 0.4) is 0 Å². The number of nitrogens with one attached hydrogen (secondary N) is 1. The number of rotatable bonds is 3.